The molecular weight excluding hydrogens is 245 g/mol. The average molecular weight is 267 g/mol. The fourth-order valence-corrected chi connectivity index (χ4v) is 2.66. The number of hydrogen-bond acceptors (Lipinski definition) is 3. The Morgan fingerprint density at radius 3 is 2.74 bits per heavy atom. The predicted molar refractivity (Wildman–Crippen MR) is 72.7 cm³/mol. The van der Waals surface area contributed by atoms with Crippen LogP contribution in [0.25, 0.3) is 0 Å². The maximum absolute atomic E-state index is 13.8. The van der Waals surface area contributed by atoms with Gasteiger partial charge < -0.3 is 15.2 Å². The zero-order valence-electron chi connectivity index (χ0n) is 11.6. The van der Waals surface area contributed by atoms with Crippen molar-refractivity contribution >= 4 is 0 Å². The first kappa shape index (κ1) is 14.3. The van der Waals surface area contributed by atoms with Gasteiger partial charge in [-0.15, -0.1) is 0 Å². The number of halogens is 1. The van der Waals surface area contributed by atoms with E-state index in [1.165, 1.54) is 6.07 Å². The zero-order valence-corrected chi connectivity index (χ0v) is 11.6. The van der Waals surface area contributed by atoms with Gasteiger partial charge in [-0.1, -0.05) is 6.07 Å². The van der Waals surface area contributed by atoms with Gasteiger partial charge in [0.25, 0.3) is 0 Å². The molecule has 3 nitrogen and oxygen atoms in total. The van der Waals surface area contributed by atoms with Gasteiger partial charge in [-0.2, -0.15) is 0 Å². The molecule has 4 heteroatoms. The van der Waals surface area contributed by atoms with Crippen LogP contribution in [0.2, 0.25) is 0 Å². The Balaban J connectivity index is 2.12. The van der Waals surface area contributed by atoms with Crippen molar-refractivity contribution in [1.82, 2.24) is 0 Å². The van der Waals surface area contributed by atoms with Crippen LogP contribution >= 0.6 is 0 Å². The number of ether oxygens (including phenoxy) is 2. The van der Waals surface area contributed by atoms with Gasteiger partial charge in [0, 0.05) is 25.1 Å². The second kappa shape index (κ2) is 6.35. The fraction of sp³-hybridized carbons (Fsp3) is 0.600. The molecule has 0 spiro atoms. The van der Waals surface area contributed by atoms with Gasteiger partial charge in [-0.05, 0) is 38.3 Å². The molecule has 3 atom stereocenters. The van der Waals surface area contributed by atoms with Crippen LogP contribution in [0.15, 0.2) is 18.2 Å². The Kier molecular flexibility index (Phi) is 4.77. The minimum Gasteiger partial charge on any atom is -0.490 e. The third-order valence-corrected chi connectivity index (χ3v) is 3.67. The highest BCUT2D eigenvalue weighted by molar-refractivity contribution is 5.37. The highest BCUT2D eigenvalue weighted by Gasteiger charge is 2.24. The lowest BCUT2D eigenvalue weighted by molar-refractivity contribution is 0.0205. The van der Waals surface area contributed by atoms with Crippen LogP contribution in [0.3, 0.4) is 0 Å². The van der Waals surface area contributed by atoms with Crippen molar-refractivity contribution < 1.29 is 13.9 Å². The van der Waals surface area contributed by atoms with Crippen molar-refractivity contribution in [1.29, 1.82) is 0 Å². The smallest absolute Gasteiger partial charge is 0.131 e. The maximum Gasteiger partial charge on any atom is 0.131 e. The van der Waals surface area contributed by atoms with Crippen molar-refractivity contribution in [3.8, 4) is 5.75 Å². The van der Waals surface area contributed by atoms with E-state index < -0.39 is 0 Å². The highest BCUT2D eigenvalue weighted by atomic mass is 19.1. The van der Waals surface area contributed by atoms with E-state index in [-0.39, 0.29) is 24.1 Å². The predicted octanol–water partition coefficient (Wildman–Crippen LogP) is 3.18. The molecule has 0 saturated heterocycles. The molecule has 19 heavy (non-hydrogen) atoms. The Labute approximate surface area is 113 Å². The number of nitrogens with two attached hydrogens (primary N) is 1. The van der Waals surface area contributed by atoms with E-state index in [1.807, 2.05) is 0 Å². The summed E-state index contributed by atoms with van der Waals surface area (Å²) in [4.78, 5) is 0. The third kappa shape index (κ3) is 3.45. The summed E-state index contributed by atoms with van der Waals surface area (Å²) in [5.74, 6) is 0.267. The van der Waals surface area contributed by atoms with Crippen LogP contribution in [-0.2, 0) is 4.74 Å². The molecular formula is C15H22FNO2. The van der Waals surface area contributed by atoms with Crippen molar-refractivity contribution in [2.24, 2.45) is 5.73 Å². The van der Waals surface area contributed by atoms with Gasteiger partial charge in [-0.25, -0.2) is 4.39 Å². The van der Waals surface area contributed by atoms with Gasteiger partial charge in [0.05, 0.1) is 6.10 Å². The second-order valence-corrected chi connectivity index (χ2v) is 5.20. The van der Waals surface area contributed by atoms with Crippen LogP contribution in [-0.4, -0.2) is 19.3 Å². The van der Waals surface area contributed by atoms with Gasteiger partial charge in [0.15, 0.2) is 0 Å². The summed E-state index contributed by atoms with van der Waals surface area (Å²) in [5.41, 5.74) is 6.29. The van der Waals surface area contributed by atoms with Crippen molar-refractivity contribution in [3.05, 3.63) is 29.6 Å². The molecule has 0 aliphatic heterocycles. The van der Waals surface area contributed by atoms with E-state index in [0.29, 0.717) is 11.3 Å². The van der Waals surface area contributed by atoms with Crippen LogP contribution in [0.4, 0.5) is 4.39 Å². The quantitative estimate of drug-likeness (QED) is 0.911. The summed E-state index contributed by atoms with van der Waals surface area (Å²) in [5, 5.41) is 0. The monoisotopic (exact) mass is 267 g/mol. The second-order valence-electron chi connectivity index (χ2n) is 5.20. The van der Waals surface area contributed by atoms with E-state index in [0.717, 1.165) is 25.7 Å². The molecule has 106 valence electrons. The standard InChI is InChI=1S/C15H22FNO2/c1-10(17)15-13(16)7-4-8-14(15)19-12-6-3-5-11(9-12)18-2/h4,7-8,10-12H,3,5-6,9,17H2,1-2H3. The molecule has 1 aliphatic rings. The molecule has 1 aliphatic carbocycles. The molecule has 1 saturated carbocycles. The molecule has 1 fully saturated rings. The van der Waals surface area contributed by atoms with Crippen LogP contribution in [0, 0.1) is 5.82 Å². The van der Waals surface area contributed by atoms with E-state index in [9.17, 15) is 4.39 Å². The van der Waals surface area contributed by atoms with Gasteiger partial charge in [-0.3, -0.25) is 0 Å². The fourth-order valence-electron chi connectivity index (χ4n) is 2.66. The molecule has 3 unspecified atom stereocenters. The molecule has 2 rings (SSSR count). The lowest BCUT2D eigenvalue weighted by Crippen LogP contribution is -2.30. The molecule has 0 radical (unpaired) electrons. The van der Waals surface area contributed by atoms with E-state index in [2.05, 4.69) is 0 Å². The summed E-state index contributed by atoms with van der Waals surface area (Å²) in [6, 6.07) is 4.49. The highest BCUT2D eigenvalue weighted by Crippen LogP contribution is 2.31. The number of rotatable bonds is 4. The lowest BCUT2D eigenvalue weighted by Gasteiger charge is -2.29. The summed E-state index contributed by atoms with van der Waals surface area (Å²) in [6.45, 7) is 1.77. The summed E-state index contributed by atoms with van der Waals surface area (Å²) in [7, 11) is 1.72. The summed E-state index contributed by atoms with van der Waals surface area (Å²) >= 11 is 0. The first-order valence-corrected chi connectivity index (χ1v) is 6.85. The molecule has 0 bridgehead atoms. The van der Waals surface area contributed by atoms with Crippen LogP contribution in [0.5, 0.6) is 5.75 Å². The largest absolute Gasteiger partial charge is 0.490 e. The van der Waals surface area contributed by atoms with Crippen molar-refractivity contribution in [2.75, 3.05) is 7.11 Å². The van der Waals surface area contributed by atoms with E-state index in [4.69, 9.17) is 15.2 Å². The number of hydrogen-bond donors (Lipinski definition) is 1. The Morgan fingerprint density at radius 1 is 1.32 bits per heavy atom. The minimum atomic E-state index is -0.377. The first-order valence-electron chi connectivity index (χ1n) is 6.85. The average Bonchev–Trinajstić information content (AvgIpc) is 2.38. The third-order valence-electron chi connectivity index (χ3n) is 3.67. The molecule has 1 aromatic rings. The number of methoxy groups -OCH3 is 1. The van der Waals surface area contributed by atoms with Gasteiger partial charge >= 0.3 is 0 Å². The molecule has 0 aromatic heterocycles. The summed E-state index contributed by atoms with van der Waals surface area (Å²) < 4.78 is 25.2. The molecule has 1 aromatic carbocycles. The normalized spacial score (nSPS) is 25.1. The Hall–Kier alpha value is -1.13. The van der Waals surface area contributed by atoms with Crippen molar-refractivity contribution in [3.63, 3.8) is 0 Å². The zero-order chi connectivity index (χ0) is 13.8. The minimum absolute atomic E-state index is 0.0815. The SMILES string of the molecule is COC1CCCC(Oc2cccc(F)c2C(C)N)C1. The van der Waals surface area contributed by atoms with Crippen LogP contribution in [0.1, 0.15) is 44.2 Å². The number of benzene rings is 1. The van der Waals surface area contributed by atoms with E-state index >= 15 is 0 Å². The van der Waals surface area contributed by atoms with Gasteiger partial charge in [0.1, 0.15) is 17.7 Å². The Morgan fingerprint density at radius 2 is 2.05 bits per heavy atom. The first-order chi connectivity index (χ1) is 9.11. The Bertz CT molecular complexity index is 423. The molecule has 0 heterocycles. The van der Waals surface area contributed by atoms with Crippen molar-refractivity contribution in [2.45, 2.75) is 50.9 Å². The van der Waals surface area contributed by atoms with Gasteiger partial charge in [0.2, 0.25) is 0 Å². The summed E-state index contributed by atoms with van der Waals surface area (Å²) in [6.07, 6.45) is 4.30. The topological polar surface area (TPSA) is 44.5 Å². The molecule has 2 N–H and O–H groups in total. The molecule has 0 amide bonds. The van der Waals surface area contributed by atoms with E-state index in [1.54, 1.807) is 26.2 Å². The lowest BCUT2D eigenvalue weighted by atomic mass is 9.94. The maximum atomic E-state index is 13.8. The van der Waals surface area contributed by atoms with Crippen LogP contribution < -0.4 is 10.5 Å².